The molecular formula is C53H86N2O21. The number of ether oxygens (including phenoxy) is 4. The molecule has 2 fully saturated rings. The van der Waals surface area contributed by atoms with E-state index in [-0.39, 0.29) is 25.2 Å². The van der Waals surface area contributed by atoms with Crippen molar-refractivity contribution < 1.29 is 105 Å². The van der Waals surface area contributed by atoms with Crippen LogP contribution in [0, 0.1) is 17.8 Å². The van der Waals surface area contributed by atoms with Gasteiger partial charge in [-0.05, 0) is 33.1 Å². The summed E-state index contributed by atoms with van der Waals surface area (Å²) in [4.78, 5) is 26.6. The first kappa shape index (κ1) is 66.6. The molecule has 434 valence electrons. The number of carbonyl (C=O) groups excluding carboxylic acids is 2. The highest BCUT2D eigenvalue weighted by Gasteiger charge is 2.51. The molecule has 23 nitrogen and oxygen atoms in total. The van der Waals surface area contributed by atoms with E-state index < -0.39 is 191 Å². The first-order valence-electron chi connectivity index (χ1n) is 25.9. The van der Waals surface area contributed by atoms with Gasteiger partial charge in [0.1, 0.15) is 30.5 Å². The van der Waals surface area contributed by atoms with Crippen LogP contribution in [-0.4, -0.2) is 224 Å². The lowest BCUT2D eigenvalue weighted by atomic mass is 9.82. The van der Waals surface area contributed by atoms with Gasteiger partial charge in [-0.2, -0.15) is 0 Å². The Balaban J connectivity index is 1.97. The van der Waals surface area contributed by atoms with Gasteiger partial charge >= 0.3 is 5.97 Å². The fraction of sp³-hybridized carbons (Fsp3) is 0.698. The number of allylic oxidation sites excluding steroid dienone is 12. The van der Waals surface area contributed by atoms with Crippen molar-refractivity contribution >= 4 is 11.9 Å². The van der Waals surface area contributed by atoms with Gasteiger partial charge in [-0.3, -0.25) is 9.59 Å². The molecule has 0 aromatic heterocycles. The average Bonchev–Trinajstić information content (AvgIpc) is 3.35. The minimum Gasteiger partial charge on any atom is -0.462 e. The Bertz CT molecular complexity index is 1930. The third-order valence-electron chi connectivity index (χ3n) is 13.9. The predicted octanol–water partition coefficient (Wildman–Crippen LogP) is -2.82. The molecule has 3 heterocycles. The predicted molar refractivity (Wildman–Crippen MR) is 273 cm³/mol. The lowest BCUT2D eigenvalue weighted by molar-refractivity contribution is -0.307. The third-order valence-corrected chi connectivity index (χ3v) is 13.9. The van der Waals surface area contributed by atoms with Crippen LogP contribution in [0.2, 0.25) is 0 Å². The van der Waals surface area contributed by atoms with Crippen molar-refractivity contribution in [2.75, 3.05) is 13.2 Å². The topological polar surface area (TPSA) is 413 Å². The van der Waals surface area contributed by atoms with Gasteiger partial charge in [0.15, 0.2) is 12.1 Å². The molecule has 18 N–H and O–H groups in total. The Morgan fingerprint density at radius 3 is 1.84 bits per heavy atom. The van der Waals surface area contributed by atoms with Crippen LogP contribution in [0.5, 0.6) is 0 Å². The normalized spacial score (nSPS) is 42.3. The van der Waals surface area contributed by atoms with E-state index in [1.165, 1.54) is 19.1 Å². The van der Waals surface area contributed by atoms with Gasteiger partial charge in [0.25, 0.3) is 0 Å². The maximum atomic E-state index is 13.9. The van der Waals surface area contributed by atoms with Gasteiger partial charge in [0.05, 0.1) is 98.2 Å². The summed E-state index contributed by atoms with van der Waals surface area (Å²) in [6.07, 6.45) is -6.27. The fourth-order valence-corrected chi connectivity index (χ4v) is 9.00. The standard InChI is InChI=1S/C53H86N2O21/c1-29-17-15-13-11-9-7-5-6-8-10-12-14-16-18-36(75-52-50(70)45(54)47(67)32(4)74-52)24-42-44(51(71)55-27-40(63)48(68)49(69)41(64)28-56)39(62)26-53(72,76-42)25-35(59)22-38(61)37(60)20-19-33(57)21-34(58)23-43(65)73-31(3)30(2)46(29)66/h5-18,29-42,44-50,52,56-64,66-70,72H,19-28,54H2,1-4H3,(H,55,71)/b6-5+,9-7+,10-8+,13-11+,14-12+,17-15+,18-16+/t29-,30-,31-,32+,33+,34+,35-,36-,37+,38+,39-,40?,41?,42-,44+,45-,46+,47+,48?,49?,50-,52-,53+/m0/s1. The maximum Gasteiger partial charge on any atom is 0.308 e. The Labute approximate surface area is 443 Å². The summed E-state index contributed by atoms with van der Waals surface area (Å²) in [6.45, 7) is 4.94. The van der Waals surface area contributed by atoms with Crippen LogP contribution in [0.15, 0.2) is 85.1 Å². The maximum absolute atomic E-state index is 13.9. The van der Waals surface area contributed by atoms with Crippen molar-refractivity contribution in [3.8, 4) is 0 Å². The zero-order chi connectivity index (χ0) is 56.9. The number of esters is 1. The number of nitrogens with two attached hydrogens (primary N) is 1. The average molecular weight is 1090 g/mol. The number of aliphatic hydroxyl groups excluding tert-OH is 14. The second kappa shape index (κ2) is 33.1. The molecule has 0 aromatic carbocycles. The third kappa shape index (κ3) is 21.9. The monoisotopic (exact) mass is 1090 g/mol. The molecule has 23 atom stereocenters. The van der Waals surface area contributed by atoms with Gasteiger partial charge in [-0.1, -0.05) is 98.9 Å². The molecule has 4 unspecified atom stereocenters. The zero-order valence-corrected chi connectivity index (χ0v) is 43.6. The van der Waals surface area contributed by atoms with E-state index in [1.807, 2.05) is 6.92 Å². The van der Waals surface area contributed by atoms with E-state index in [9.17, 15) is 86.2 Å². The lowest BCUT2D eigenvalue weighted by Crippen LogP contribution is -2.62. The van der Waals surface area contributed by atoms with E-state index in [0.717, 1.165) is 0 Å². The van der Waals surface area contributed by atoms with E-state index in [1.54, 1.807) is 86.8 Å². The first-order chi connectivity index (χ1) is 35.8. The number of nitrogens with one attached hydrogen (secondary N) is 1. The molecule has 3 aliphatic heterocycles. The van der Waals surface area contributed by atoms with Gasteiger partial charge < -0.3 is 107 Å². The number of rotatable bonds is 9. The molecule has 23 heteroatoms. The number of hydrogen-bond donors (Lipinski definition) is 17. The molecule has 3 rings (SSSR count). The van der Waals surface area contributed by atoms with Crippen molar-refractivity contribution in [1.29, 1.82) is 0 Å². The molecule has 2 saturated heterocycles. The van der Waals surface area contributed by atoms with Crippen molar-refractivity contribution in [3.63, 3.8) is 0 Å². The van der Waals surface area contributed by atoms with Crippen molar-refractivity contribution in [3.05, 3.63) is 85.1 Å². The summed E-state index contributed by atoms with van der Waals surface area (Å²) in [7, 11) is 0. The van der Waals surface area contributed by atoms with E-state index in [0.29, 0.717) is 0 Å². The number of carbonyl (C=O) groups is 2. The van der Waals surface area contributed by atoms with Crippen LogP contribution >= 0.6 is 0 Å². The van der Waals surface area contributed by atoms with Gasteiger partial charge in [-0.15, -0.1) is 0 Å². The van der Waals surface area contributed by atoms with Crippen LogP contribution in [0.1, 0.15) is 79.1 Å². The molecule has 0 aromatic rings. The Morgan fingerprint density at radius 2 is 1.25 bits per heavy atom. The van der Waals surface area contributed by atoms with Crippen molar-refractivity contribution in [2.24, 2.45) is 23.5 Å². The van der Waals surface area contributed by atoms with Crippen LogP contribution in [0.3, 0.4) is 0 Å². The Morgan fingerprint density at radius 1 is 0.684 bits per heavy atom. The van der Waals surface area contributed by atoms with Crippen LogP contribution in [-0.2, 0) is 28.5 Å². The summed E-state index contributed by atoms with van der Waals surface area (Å²) in [6, 6.07) is -1.22. The Kier molecular flexibility index (Phi) is 29.0. The fourth-order valence-electron chi connectivity index (χ4n) is 9.00. The highest BCUT2D eigenvalue weighted by molar-refractivity contribution is 5.80. The number of fused-ring (bicyclic) bond motifs is 2. The number of amides is 1. The molecule has 76 heavy (non-hydrogen) atoms. The largest absolute Gasteiger partial charge is 0.462 e. The highest BCUT2D eigenvalue weighted by Crippen LogP contribution is 2.38. The van der Waals surface area contributed by atoms with E-state index in [4.69, 9.17) is 24.7 Å². The van der Waals surface area contributed by atoms with Crippen molar-refractivity contribution in [2.45, 2.75) is 201 Å². The number of hydrogen-bond acceptors (Lipinski definition) is 22. The van der Waals surface area contributed by atoms with E-state index >= 15 is 0 Å². The molecule has 0 radical (unpaired) electrons. The highest BCUT2D eigenvalue weighted by atomic mass is 16.7. The van der Waals surface area contributed by atoms with Gasteiger partial charge in [0.2, 0.25) is 5.91 Å². The van der Waals surface area contributed by atoms with Crippen molar-refractivity contribution in [1.82, 2.24) is 5.32 Å². The van der Waals surface area contributed by atoms with Crippen LogP contribution < -0.4 is 11.1 Å². The molecule has 2 bridgehead atoms. The smallest absolute Gasteiger partial charge is 0.308 e. The Hall–Kier alpha value is -3.64. The molecular weight excluding hydrogens is 1000 g/mol. The SMILES string of the molecule is C[C@@H]1[C@H](O)[C@@H](C)/C=C/C=C/C=C/C=C/C=C/C=C/C=C/[C@H](O[C@@H]2O[C@H](C)[C@@H](O)[C@H](N)[C@@H]2O)C[C@@H]2O[C@](O)(C[C@@H](O)C[C@@H](O)[C@H](O)CC[C@@H](O)C[C@@H](O)CC(=O)O[C@H]1C)C[C@H](O)[C@H]2C(=O)NCC(O)C(O)C(O)C(O)CO. The molecule has 1 amide bonds. The second-order valence-electron chi connectivity index (χ2n) is 20.3. The quantitative estimate of drug-likeness (QED) is 0.104. The first-order valence-corrected chi connectivity index (χ1v) is 25.9. The zero-order valence-electron chi connectivity index (χ0n) is 43.6. The van der Waals surface area contributed by atoms with Gasteiger partial charge in [-0.25, -0.2) is 0 Å². The van der Waals surface area contributed by atoms with Crippen LogP contribution in [0.4, 0.5) is 0 Å². The minimum absolute atomic E-state index is 0.155. The molecule has 0 spiro atoms. The number of aliphatic hydroxyl groups is 15. The van der Waals surface area contributed by atoms with E-state index in [2.05, 4.69) is 5.32 Å². The van der Waals surface area contributed by atoms with Gasteiger partial charge in [0, 0.05) is 44.1 Å². The second-order valence-corrected chi connectivity index (χ2v) is 20.3. The summed E-state index contributed by atoms with van der Waals surface area (Å²) >= 11 is 0. The molecule has 0 saturated carbocycles. The molecule has 0 aliphatic carbocycles. The summed E-state index contributed by atoms with van der Waals surface area (Å²) in [5, 5.41) is 162. The number of cyclic esters (lactones) is 1. The minimum atomic E-state index is -2.45. The summed E-state index contributed by atoms with van der Waals surface area (Å²) in [5.74, 6) is -6.61. The molecule has 3 aliphatic rings. The van der Waals surface area contributed by atoms with Crippen LogP contribution in [0.25, 0.3) is 0 Å². The lowest BCUT2D eigenvalue weighted by Gasteiger charge is -2.46. The summed E-state index contributed by atoms with van der Waals surface area (Å²) in [5.41, 5.74) is 6.08. The summed E-state index contributed by atoms with van der Waals surface area (Å²) < 4.78 is 23.5.